The van der Waals surface area contributed by atoms with Crippen LogP contribution in [0.4, 0.5) is 0 Å². The summed E-state index contributed by atoms with van der Waals surface area (Å²) in [6.45, 7) is 2.05. The van der Waals surface area contributed by atoms with E-state index in [1.54, 1.807) is 18.9 Å². The lowest BCUT2D eigenvalue weighted by atomic mass is 10.1. The first-order valence-corrected chi connectivity index (χ1v) is 8.60. The van der Waals surface area contributed by atoms with Gasteiger partial charge in [-0.2, -0.15) is 0 Å². The van der Waals surface area contributed by atoms with Gasteiger partial charge >= 0.3 is 0 Å². The molecule has 0 aliphatic heterocycles. The zero-order chi connectivity index (χ0) is 16.5. The quantitative estimate of drug-likeness (QED) is 0.529. The minimum Gasteiger partial charge on any atom is -0.497 e. The molecule has 0 aliphatic rings. The normalized spacial score (nSPS) is 11.2. The van der Waals surface area contributed by atoms with Gasteiger partial charge in [0.2, 0.25) is 0 Å². The summed E-state index contributed by atoms with van der Waals surface area (Å²) in [7, 11) is 1.68. The Morgan fingerprint density at radius 2 is 2.04 bits per heavy atom. The Morgan fingerprint density at radius 3 is 2.83 bits per heavy atom. The predicted molar refractivity (Wildman–Crippen MR) is 95.6 cm³/mol. The van der Waals surface area contributed by atoms with E-state index in [0.29, 0.717) is 0 Å². The minimum absolute atomic E-state index is 0.757. The van der Waals surface area contributed by atoms with Crippen molar-refractivity contribution in [1.82, 2.24) is 19.6 Å². The van der Waals surface area contributed by atoms with E-state index in [0.717, 1.165) is 44.5 Å². The Kier molecular flexibility index (Phi) is 3.82. The zero-order valence-electron chi connectivity index (χ0n) is 13.4. The third-order valence-electron chi connectivity index (χ3n) is 3.91. The first kappa shape index (κ1) is 15.0. The molecule has 0 atom stereocenters. The van der Waals surface area contributed by atoms with Crippen molar-refractivity contribution >= 4 is 28.3 Å². The van der Waals surface area contributed by atoms with Crippen LogP contribution in [0.2, 0.25) is 0 Å². The second-order valence-corrected chi connectivity index (χ2v) is 6.45. The first-order valence-electron chi connectivity index (χ1n) is 7.61. The van der Waals surface area contributed by atoms with Crippen molar-refractivity contribution in [2.75, 3.05) is 7.11 Å². The molecule has 5 nitrogen and oxygen atoms in total. The van der Waals surface area contributed by atoms with Gasteiger partial charge in [0.05, 0.1) is 18.3 Å². The van der Waals surface area contributed by atoms with E-state index in [-0.39, 0.29) is 0 Å². The van der Waals surface area contributed by atoms with E-state index in [2.05, 4.69) is 38.6 Å². The average molecular weight is 336 g/mol. The van der Waals surface area contributed by atoms with Gasteiger partial charge in [-0.05, 0) is 48.9 Å². The van der Waals surface area contributed by atoms with Crippen molar-refractivity contribution in [2.24, 2.45) is 0 Å². The van der Waals surface area contributed by atoms with Crippen molar-refractivity contribution in [3.8, 4) is 5.75 Å². The van der Waals surface area contributed by atoms with Crippen LogP contribution in [-0.2, 0) is 5.75 Å². The van der Waals surface area contributed by atoms with Crippen LogP contribution in [0.15, 0.2) is 53.8 Å². The van der Waals surface area contributed by atoms with Crippen LogP contribution in [0.25, 0.3) is 16.6 Å². The second-order valence-electron chi connectivity index (χ2n) is 5.50. The fraction of sp³-hybridized carbons (Fsp3) is 0.167. The summed E-state index contributed by atoms with van der Waals surface area (Å²) in [5.41, 5.74) is 4.08. The van der Waals surface area contributed by atoms with E-state index in [9.17, 15) is 0 Å². The average Bonchev–Trinajstić information content (AvgIpc) is 3.05. The number of hydrogen-bond acceptors (Lipinski definition) is 5. The number of rotatable bonds is 4. The Morgan fingerprint density at radius 1 is 1.12 bits per heavy atom. The number of ether oxygens (including phenoxy) is 1. The number of fused-ring (bicyclic) bond motifs is 3. The number of benzene rings is 1. The molecular formula is C18H16N4OS. The summed E-state index contributed by atoms with van der Waals surface area (Å²) in [5.74, 6) is 1.60. The lowest BCUT2D eigenvalue weighted by molar-refractivity contribution is 0.415. The maximum absolute atomic E-state index is 5.34. The van der Waals surface area contributed by atoms with Crippen LogP contribution < -0.4 is 4.74 Å². The molecule has 4 aromatic rings. The number of methoxy groups -OCH3 is 1. The zero-order valence-corrected chi connectivity index (χ0v) is 14.2. The molecule has 6 heteroatoms. The molecule has 1 aromatic carbocycles. The molecule has 0 amide bonds. The highest BCUT2D eigenvalue weighted by Gasteiger charge is 2.13. The second kappa shape index (κ2) is 6.13. The molecular weight excluding hydrogens is 320 g/mol. The standard InChI is InChI=1S/C18H16N4OS/c1-12-9-13-10-15(23-2)6-7-16(13)22-17(12)20-21-18(22)24-11-14-5-3-4-8-19-14/h3-10H,11H2,1-2H3. The molecule has 0 aliphatic carbocycles. The molecule has 0 saturated carbocycles. The molecule has 0 bridgehead atoms. The van der Waals surface area contributed by atoms with Gasteiger partial charge < -0.3 is 4.74 Å². The highest BCUT2D eigenvalue weighted by atomic mass is 32.2. The molecule has 3 heterocycles. The molecule has 120 valence electrons. The highest BCUT2D eigenvalue weighted by molar-refractivity contribution is 7.98. The van der Waals surface area contributed by atoms with Gasteiger partial charge in [0.25, 0.3) is 0 Å². The first-order chi connectivity index (χ1) is 11.8. The summed E-state index contributed by atoms with van der Waals surface area (Å²) >= 11 is 1.64. The minimum atomic E-state index is 0.757. The third-order valence-corrected chi connectivity index (χ3v) is 4.87. The Hall–Kier alpha value is -2.60. The lowest BCUT2D eigenvalue weighted by Crippen LogP contribution is -1.95. The van der Waals surface area contributed by atoms with Crippen molar-refractivity contribution in [1.29, 1.82) is 0 Å². The van der Waals surface area contributed by atoms with E-state index in [1.807, 2.05) is 36.5 Å². The van der Waals surface area contributed by atoms with Crippen molar-refractivity contribution in [3.63, 3.8) is 0 Å². The predicted octanol–water partition coefficient (Wildman–Crippen LogP) is 3.89. The van der Waals surface area contributed by atoms with Crippen LogP contribution >= 0.6 is 11.8 Å². The number of aromatic nitrogens is 4. The van der Waals surface area contributed by atoms with Gasteiger partial charge in [0, 0.05) is 17.3 Å². The van der Waals surface area contributed by atoms with Gasteiger partial charge in [-0.3, -0.25) is 9.38 Å². The largest absolute Gasteiger partial charge is 0.497 e. The summed E-state index contributed by atoms with van der Waals surface area (Å²) in [6.07, 6.45) is 1.81. The van der Waals surface area contributed by atoms with Gasteiger partial charge in [-0.25, -0.2) is 0 Å². The molecule has 0 N–H and O–H groups in total. The van der Waals surface area contributed by atoms with Gasteiger partial charge in [0.15, 0.2) is 10.8 Å². The Balaban J connectivity index is 1.81. The SMILES string of the molecule is COc1ccc2c(c1)cc(C)c1nnc(SCc3ccccn3)n12. The number of nitrogens with zero attached hydrogens (tertiary/aromatic N) is 4. The molecule has 0 fully saturated rings. The van der Waals surface area contributed by atoms with E-state index in [1.165, 1.54) is 0 Å². The van der Waals surface area contributed by atoms with E-state index in [4.69, 9.17) is 4.74 Å². The van der Waals surface area contributed by atoms with Gasteiger partial charge in [-0.1, -0.05) is 17.8 Å². The topological polar surface area (TPSA) is 52.3 Å². The number of aryl methyl sites for hydroxylation is 1. The Bertz CT molecular complexity index is 1010. The van der Waals surface area contributed by atoms with E-state index < -0.39 is 0 Å². The maximum atomic E-state index is 5.34. The fourth-order valence-corrected chi connectivity index (χ4v) is 3.59. The number of thioether (sulfide) groups is 1. The number of pyridine rings is 2. The van der Waals surface area contributed by atoms with Crippen LogP contribution in [-0.4, -0.2) is 26.7 Å². The molecule has 0 unspecified atom stereocenters. The van der Waals surface area contributed by atoms with Crippen LogP contribution in [0, 0.1) is 6.92 Å². The maximum Gasteiger partial charge on any atom is 0.196 e. The highest BCUT2D eigenvalue weighted by Crippen LogP contribution is 2.29. The molecule has 24 heavy (non-hydrogen) atoms. The molecule has 3 aromatic heterocycles. The molecule has 0 spiro atoms. The Labute approximate surface area is 143 Å². The van der Waals surface area contributed by atoms with Crippen molar-refractivity contribution < 1.29 is 4.74 Å². The fourth-order valence-electron chi connectivity index (χ4n) is 2.73. The smallest absolute Gasteiger partial charge is 0.196 e. The van der Waals surface area contributed by atoms with E-state index >= 15 is 0 Å². The van der Waals surface area contributed by atoms with Crippen LogP contribution in [0.3, 0.4) is 0 Å². The molecule has 0 radical (unpaired) electrons. The van der Waals surface area contributed by atoms with Crippen molar-refractivity contribution in [2.45, 2.75) is 17.8 Å². The van der Waals surface area contributed by atoms with Gasteiger partial charge in [0.1, 0.15) is 5.75 Å². The lowest BCUT2D eigenvalue weighted by Gasteiger charge is -2.08. The van der Waals surface area contributed by atoms with Crippen LogP contribution in [0.1, 0.15) is 11.3 Å². The molecule has 4 rings (SSSR count). The summed E-state index contributed by atoms with van der Waals surface area (Å²) in [4.78, 5) is 4.37. The summed E-state index contributed by atoms with van der Waals surface area (Å²) in [5, 5.41) is 10.7. The van der Waals surface area contributed by atoms with Crippen LogP contribution in [0.5, 0.6) is 5.75 Å². The monoisotopic (exact) mass is 336 g/mol. The van der Waals surface area contributed by atoms with Gasteiger partial charge in [-0.15, -0.1) is 10.2 Å². The van der Waals surface area contributed by atoms with Crippen molar-refractivity contribution in [3.05, 3.63) is 59.9 Å². The summed E-state index contributed by atoms with van der Waals surface area (Å²) in [6, 6.07) is 14.1. The third kappa shape index (κ3) is 2.59. The summed E-state index contributed by atoms with van der Waals surface area (Å²) < 4.78 is 7.45. The molecule has 0 saturated heterocycles. The number of hydrogen-bond donors (Lipinski definition) is 0.